The third-order valence-corrected chi connectivity index (χ3v) is 3.52. The maximum absolute atomic E-state index is 12.1. The van der Waals surface area contributed by atoms with Crippen LogP contribution < -0.4 is 5.73 Å². The van der Waals surface area contributed by atoms with Gasteiger partial charge in [-0.2, -0.15) is 0 Å². The van der Waals surface area contributed by atoms with Gasteiger partial charge in [-0.15, -0.1) is 0 Å². The summed E-state index contributed by atoms with van der Waals surface area (Å²) < 4.78 is 0. The van der Waals surface area contributed by atoms with E-state index >= 15 is 0 Å². The molecule has 0 atom stereocenters. The first-order valence-corrected chi connectivity index (χ1v) is 6.58. The van der Waals surface area contributed by atoms with Crippen molar-refractivity contribution in [2.75, 3.05) is 19.6 Å². The van der Waals surface area contributed by atoms with Gasteiger partial charge in [0.25, 0.3) is 0 Å². The summed E-state index contributed by atoms with van der Waals surface area (Å²) in [5, 5.41) is 0. The Morgan fingerprint density at radius 2 is 2.18 bits per heavy atom. The van der Waals surface area contributed by atoms with Crippen molar-refractivity contribution in [3.05, 3.63) is 11.6 Å². The van der Waals surface area contributed by atoms with Crippen LogP contribution in [0.1, 0.15) is 46.5 Å². The minimum atomic E-state index is 0.186. The Kier molecular flexibility index (Phi) is 5.19. The fourth-order valence-corrected chi connectivity index (χ4v) is 2.24. The van der Waals surface area contributed by atoms with Crippen LogP contribution in [0, 0.1) is 5.41 Å². The molecule has 0 spiro atoms. The molecule has 1 heterocycles. The molecule has 1 amide bonds. The molecule has 0 fully saturated rings. The molecule has 1 aliphatic rings. The van der Waals surface area contributed by atoms with E-state index in [1.165, 1.54) is 5.57 Å². The van der Waals surface area contributed by atoms with Crippen LogP contribution in [0.4, 0.5) is 0 Å². The Bertz CT molecular complexity index is 295. The Balaban J connectivity index is 2.37. The van der Waals surface area contributed by atoms with Gasteiger partial charge in [0.1, 0.15) is 0 Å². The van der Waals surface area contributed by atoms with Crippen LogP contribution in [0.25, 0.3) is 0 Å². The van der Waals surface area contributed by atoms with Gasteiger partial charge in [0.05, 0.1) is 0 Å². The highest BCUT2D eigenvalue weighted by atomic mass is 16.2. The van der Waals surface area contributed by atoms with Gasteiger partial charge in [-0.1, -0.05) is 25.5 Å². The van der Waals surface area contributed by atoms with E-state index in [0.29, 0.717) is 18.9 Å². The molecule has 3 heteroatoms. The van der Waals surface area contributed by atoms with E-state index < -0.39 is 0 Å². The monoisotopic (exact) mass is 238 g/mol. The molecule has 0 bridgehead atoms. The SMILES string of the molecule is CC1=CCCN(C(=O)CCC(C)(C)CCN)C1. The zero-order valence-corrected chi connectivity index (χ0v) is 11.5. The molecule has 0 unspecified atom stereocenters. The quantitative estimate of drug-likeness (QED) is 0.747. The van der Waals surface area contributed by atoms with Crippen LogP contribution in [0.15, 0.2) is 11.6 Å². The van der Waals surface area contributed by atoms with Crippen LogP contribution in [-0.2, 0) is 4.79 Å². The normalized spacial score (nSPS) is 16.9. The summed E-state index contributed by atoms with van der Waals surface area (Å²) >= 11 is 0. The van der Waals surface area contributed by atoms with Crippen molar-refractivity contribution in [2.45, 2.75) is 46.5 Å². The van der Waals surface area contributed by atoms with Crippen LogP contribution in [-0.4, -0.2) is 30.4 Å². The molecule has 1 aliphatic heterocycles. The summed E-state index contributed by atoms with van der Waals surface area (Å²) in [5.74, 6) is 0.294. The molecule has 0 aromatic rings. The summed E-state index contributed by atoms with van der Waals surface area (Å²) in [5.41, 5.74) is 7.08. The predicted molar refractivity (Wildman–Crippen MR) is 71.6 cm³/mol. The van der Waals surface area contributed by atoms with E-state index in [-0.39, 0.29) is 5.41 Å². The average molecular weight is 238 g/mol. The highest BCUT2D eigenvalue weighted by Crippen LogP contribution is 2.26. The second kappa shape index (κ2) is 6.20. The zero-order chi connectivity index (χ0) is 12.9. The van der Waals surface area contributed by atoms with Crippen molar-refractivity contribution < 1.29 is 4.79 Å². The lowest BCUT2D eigenvalue weighted by Gasteiger charge is -2.29. The minimum absolute atomic E-state index is 0.186. The number of nitrogens with zero attached hydrogens (tertiary/aromatic N) is 1. The second-order valence-corrected chi connectivity index (χ2v) is 5.86. The smallest absolute Gasteiger partial charge is 0.222 e. The van der Waals surface area contributed by atoms with Gasteiger partial charge >= 0.3 is 0 Å². The van der Waals surface area contributed by atoms with E-state index in [1.54, 1.807) is 0 Å². The van der Waals surface area contributed by atoms with Crippen molar-refractivity contribution in [1.82, 2.24) is 4.90 Å². The lowest BCUT2D eigenvalue weighted by atomic mass is 9.84. The Hall–Kier alpha value is -0.830. The Morgan fingerprint density at radius 1 is 1.47 bits per heavy atom. The third-order valence-electron chi connectivity index (χ3n) is 3.52. The Morgan fingerprint density at radius 3 is 2.76 bits per heavy atom. The minimum Gasteiger partial charge on any atom is -0.338 e. The largest absolute Gasteiger partial charge is 0.338 e. The predicted octanol–water partition coefficient (Wildman–Crippen LogP) is 2.32. The summed E-state index contributed by atoms with van der Waals surface area (Å²) in [7, 11) is 0. The number of nitrogens with two attached hydrogens (primary N) is 1. The van der Waals surface area contributed by atoms with E-state index in [9.17, 15) is 4.79 Å². The lowest BCUT2D eigenvalue weighted by molar-refractivity contribution is -0.131. The summed E-state index contributed by atoms with van der Waals surface area (Å²) in [6.45, 7) is 8.87. The molecular formula is C14H26N2O. The van der Waals surface area contributed by atoms with Gasteiger partial charge < -0.3 is 10.6 Å². The Labute approximate surface area is 105 Å². The number of hydrogen-bond acceptors (Lipinski definition) is 2. The number of hydrogen-bond donors (Lipinski definition) is 1. The van der Waals surface area contributed by atoms with Gasteiger partial charge in [-0.3, -0.25) is 4.79 Å². The molecule has 0 saturated heterocycles. The van der Waals surface area contributed by atoms with Crippen LogP contribution in [0.2, 0.25) is 0 Å². The van der Waals surface area contributed by atoms with Crippen molar-refractivity contribution in [1.29, 1.82) is 0 Å². The van der Waals surface area contributed by atoms with E-state index in [4.69, 9.17) is 5.73 Å². The molecule has 0 aromatic carbocycles. The van der Waals surface area contributed by atoms with Crippen LogP contribution in [0.3, 0.4) is 0 Å². The number of carbonyl (C=O) groups excluding carboxylic acids is 1. The molecule has 0 aromatic heterocycles. The molecule has 0 radical (unpaired) electrons. The van der Waals surface area contributed by atoms with Crippen LogP contribution >= 0.6 is 0 Å². The maximum Gasteiger partial charge on any atom is 0.222 e. The van der Waals surface area contributed by atoms with Gasteiger partial charge in [-0.25, -0.2) is 0 Å². The molecule has 3 nitrogen and oxygen atoms in total. The van der Waals surface area contributed by atoms with E-state index in [0.717, 1.165) is 32.4 Å². The highest BCUT2D eigenvalue weighted by molar-refractivity contribution is 5.76. The molecule has 2 N–H and O–H groups in total. The second-order valence-electron chi connectivity index (χ2n) is 5.86. The van der Waals surface area contributed by atoms with Crippen molar-refractivity contribution >= 4 is 5.91 Å². The molecule has 98 valence electrons. The fourth-order valence-electron chi connectivity index (χ4n) is 2.24. The van der Waals surface area contributed by atoms with Crippen molar-refractivity contribution in [3.8, 4) is 0 Å². The first-order valence-electron chi connectivity index (χ1n) is 6.58. The standard InChI is InChI=1S/C14H26N2O/c1-12-5-4-10-16(11-12)13(17)6-7-14(2,3)8-9-15/h5H,4,6-11,15H2,1-3H3. The average Bonchev–Trinajstić information content (AvgIpc) is 2.26. The topological polar surface area (TPSA) is 46.3 Å². The maximum atomic E-state index is 12.1. The molecule has 17 heavy (non-hydrogen) atoms. The molecular weight excluding hydrogens is 212 g/mol. The molecule has 0 saturated carbocycles. The number of amides is 1. The third kappa shape index (κ3) is 4.90. The lowest BCUT2D eigenvalue weighted by Crippen LogP contribution is -2.36. The zero-order valence-electron chi connectivity index (χ0n) is 11.5. The summed E-state index contributed by atoms with van der Waals surface area (Å²) in [6, 6.07) is 0. The van der Waals surface area contributed by atoms with Gasteiger partial charge in [0.2, 0.25) is 5.91 Å². The van der Waals surface area contributed by atoms with E-state index in [1.807, 2.05) is 4.90 Å². The van der Waals surface area contributed by atoms with Gasteiger partial charge in [0.15, 0.2) is 0 Å². The van der Waals surface area contributed by atoms with Gasteiger partial charge in [0, 0.05) is 19.5 Å². The van der Waals surface area contributed by atoms with Gasteiger partial charge in [-0.05, 0) is 38.1 Å². The summed E-state index contributed by atoms with van der Waals surface area (Å²) in [4.78, 5) is 14.0. The van der Waals surface area contributed by atoms with E-state index in [2.05, 4.69) is 26.8 Å². The number of rotatable bonds is 5. The molecule has 1 rings (SSSR count). The molecule has 0 aliphatic carbocycles. The fraction of sp³-hybridized carbons (Fsp3) is 0.786. The summed E-state index contributed by atoms with van der Waals surface area (Å²) in [6.07, 6.45) is 5.80. The van der Waals surface area contributed by atoms with Crippen molar-refractivity contribution in [2.24, 2.45) is 11.1 Å². The first-order chi connectivity index (χ1) is 7.94. The highest BCUT2D eigenvalue weighted by Gasteiger charge is 2.21. The van der Waals surface area contributed by atoms with Crippen molar-refractivity contribution in [3.63, 3.8) is 0 Å². The number of carbonyl (C=O) groups is 1. The van der Waals surface area contributed by atoms with Crippen LogP contribution in [0.5, 0.6) is 0 Å². The first kappa shape index (κ1) is 14.2.